The number of ether oxygens (including phenoxy) is 4. The fourth-order valence-corrected chi connectivity index (χ4v) is 2.46. The molecule has 0 bridgehead atoms. The molecule has 22 heavy (non-hydrogen) atoms. The van der Waals surface area contributed by atoms with Crippen LogP contribution in [-0.2, 0) is 6.42 Å². The highest BCUT2D eigenvalue weighted by Gasteiger charge is 2.11. The predicted octanol–water partition coefficient (Wildman–Crippen LogP) is 3.62. The normalized spacial score (nSPS) is 10.2. The molecule has 0 atom stereocenters. The highest BCUT2D eigenvalue weighted by Crippen LogP contribution is 2.32. The first kappa shape index (κ1) is 16.0. The van der Waals surface area contributed by atoms with E-state index in [4.69, 9.17) is 18.9 Å². The summed E-state index contributed by atoms with van der Waals surface area (Å²) in [6.45, 7) is 2.00. The zero-order valence-corrected chi connectivity index (χ0v) is 13.7. The molecule has 0 aliphatic carbocycles. The lowest BCUT2D eigenvalue weighted by Crippen LogP contribution is -1.98. The van der Waals surface area contributed by atoms with Crippen LogP contribution >= 0.6 is 0 Å². The maximum atomic E-state index is 5.49. The Morgan fingerprint density at radius 2 is 1.32 bits per heavy atom. The van der Waals surface area contributed by atoms with Crippen molar-refractivity contribution < 1.29 is 18.9 Å². The molecule has 0 spiro atoms. The first-order valence-electron chi connectivity index (χ1n) is 7.05. The van der Waals surface area contributed by atoms with Gasteiger partial charge >= 0.3 is 0 Å². The predicted molar refractivity (Wildman–Crippen MR) is 86.6 cm³/mol. The van der Waals surface area contributed by atoms with Crippen LogP contribution in [0.25, 0.3) is 0 Å². The third-order valence-electron chi connectivity index (χ3n) is 3.64. The molecule has 118 valence electrons. The van der Waals surface area contributed by atoms with Crippen LogP contribution in [0.5, 0.6) is 23.0 Å². The summed E-state index contributed by atoms with van der Waals surface area (Å²) in [7, 11) is 6.62. The van der Waals surface area contributed by atoms with Gasteiger partial charge in [0.25, 0.3) is 0 Å². The summed E-state index contributed by atoms with van der Waals surface area (Å²) in [6.07, 6.45) is 0.722. The highest BCUT2D eigenvalue weighted by molar-refractivity contribution is 5.49. The Balaban J connectivity index is 2.37. The fourth-order valence-electron chi connectivity index (χ4n) is 2.46. The molecular weight excluding hydrogens is 280 g/mol. The molecule has 0 amide bonds. The minimum absolute atomic E-state index is 0.720. The SMILES string of the molecule is COc1cc(Cc2ccc(OC)c(OC)c2)c(OC)cc1C. The van der Waals surface area contributed by atoms with Crippen LogP contribution in [0.4, 0.5) is 0 Å². The molecule has 0 fully saturated rings. The molecule has 2 rings (SSSR count). The molecule has 0 heterocycles. The van der Waals surface area contributed by atoms with Crippen LogP contribution in [-0.4, -0.2) is 28.4 Å². The first-order chi connectivity index (χ1) is 10.6. The molecule has 0 radical (unpaired) electrons. The Bertz CT molecular complexity index is 650. The summed E-state index contributed by atoms with van der Waals surface area (Å²) in [5.74, 6) is 3.15. The van der Waals surface area contributed by atoms with Crippen molar-refractivity contribution >= 4 is 0 Å². The Labute approximate surface area is 131 Å². The largest absolute Gasteiger partial charge is 0.496 e. The van der Waals surface area contributed by atoms with Crippen molar-refractivity contribution in [2.75, 3.05) is 28.4 Å². The Morgan fingerprint density at radius 1 is 0.682 bits per heavy atom. The zero-order chi connectivity index (χ0) is 16.1. The van der Waals surface area contributed by atoms with E-state index in [2.05, 4.69) is 0 Å². The van der Waals surface area contributed by atoms with Crippen LogP contribution in [0, 0.1) is 6.92 Å². The molecular formula is C18H22O4. The van der Waals surface area contributed by atoms with Gasteiger partial charge in [-0.1, -0.05) is 6.07 Å². The second-order valence-electron chi connectivity index (χ2n) is 5.00. The lowest BCUT2D eigenvalue weighted by molar-refractivity contribution is 0.354. The van der Waals surface area contributed by atoms with E-state index in [1.165, 1.54) is 0 Å². The third kappa shape index (κ3) is 3.27. The molecule has 0 aromatic heterocycles. The van der Waals surface area contributed by atoms with E-state index in [0.29, 0.717) is 0 Å². The van der Waals surface area contributed by atoms with Crippen LogP contribution in [0.15, 0.2) is 30.3 Å². The van der Waals surface area contributed by atoms with E-state index in [1.807, 2.05) is 37.3 Å². The second kappa shape index (κ2) is 7.07. The van der Waals surface area contributed by atoms with E-state index in [9.17, 15) is 0 Å². The van der Waals surface area contributed by atoms with Crippen LogP contribution in [0.1, 0.15) is 16.7 Å². The van der Waals surface area contributed by atoms with Gasteiger partial charge in [0, 0.05) is 12.0 Å². The zero-order valence-electron chi connectivity index (χ0n) is 13.7. The van der Waals surface area contributed by atoms with Crippen LogP contribution < -0.4 is 18.9 Å². The average Bonchev–Trinajstić information content (AvgIpc) is 2.55. The van der Waals surface area contributed by atoms with Crippen molar-refractivity contribution in [1.82, 2.24) is 0 Å². The van der Waals surface area contributed by atoms with Crippen molar-refractivity contribution in [2.45, 2.75) is 13.3 Å². The highest BCUT2D eigenvalue weighted by atomic mass is 16.5. The van der Waals surface area contributed by atoms with Crippen molar-refractivity contribution in [3.05, 3.63) is 47.0 Å². The summed E-state index contributed by atoms with van der Waals surface area (Å²) >= 11 is 0. The van der Waals surface area contributed by atoms with Gasteiger partial charge in [0.05, 0.1) is 28.4 Å². The van der Waals surface area contributed by atoms with Crippen molar-refractivity contribution in [3.63, 3.8) is 0 Å². The molecule has 2 aromatic rings. The van der Waals surface area contributed by atoms with E-state index in [-0.39, 0.29) is 0 Å². The third-order valence-corrected chi connectivity index (χ3v) is 3.64. The minimum atomic E-state index is 0.720. The quantitative estimate of drug-likeness (QED) is 0.816. The minimum Gasteiger partial charge on any atom is -0.496 e. The monoisotopic (exact) mass is 302 g/mol. The van der Waals surface area contributed by atoms with Gasteiger partial charge in [-0.2, -0.15) is 0 Å². The van der Waals surface area contributed by atoms with E-state index >= 15 is 0 Å². The van der Waals surface area contributed by atoms with Crippen LogP contribution in [0.2, 0.25) is 0 Å². The molecule has 0 unspecified atom stereocenters. The van der Waals surface area contributed by atoms with Crippen molar-refractivity contribution in [1.29, 1.82) is 0 Å². The average molecular weight is 302 g/mol. The molecule has 0 saturated heterocycles. The Hall–Kier alpha value is -2.36. The fraction of sp³-hybridized carbons (Fsp3) is 0.333. The Kier molecular flexibility index (Phi) is 5.15. The van der Waals surface area contributed by atoms with Gasteiger partial charge in [0.2, 0.25) is 0 Å². The van der Waals surface area contributed by atoms with Crippen LogP contribution in [0.3, 0.4) is 0 Å². The van der Waals surface area contributed by atoms with Gasteiger partial charge in [-0.3, -0.25) is 0 Å². The lowest BCUT2D eigenvalue weighted by Gasteiger charge is -2.14. The summed E-state index contributed by atoms with van der Waals surface area (Å²) in [6, 6.07) is 9.92. The smallest absolute Gasteiger partial charge is 0.160 e. The summed E-state index contributed by atoms with van der Waals surface area (Å²) in [5, 5.41) is 0. The molecule has 0 saturated carbocycles. The van der Waals surface area contributed by atoms with Crippen molar-refractivity contribution in [2.24, 2.45) is 0 Å². The Morgan fingerprint density at radius 3 is 1.91 bits per heavy atom. The molecule has 0 aliphatic heterocycles. The first-order valence-corrected chi connectivity index (χ1v) is 7.05. The maximum absolute atomic E-state index is 5.49. The number of rotatable bonds is 6. The van der Waals surface area contributed by atoms with Gasteiger partial charge < -0.3 is 18.9 Å². The molecule has 4 nitrogen and oxygen atoms in total. The molecule has 4 heteroatoms. The van der Waals surface area contributed by atoms with Gasteiger partial charge in [-0.25, -0.2) is 0 Å². The number of hydrogen-bond donors (Lipinski definition) is 0. The number of hydrogen-bond acceptors (Lipinski definition) is 4. The lowest BCUT2D eigenvalue weighted by atomic mass is 10.0. The number of methoxy groups -OCH3 is 4. The summed E-state index contributed by atoms with van der Waals surface area (Å²) in [4.78, 5) is 0. The maximum Gasteiger partial charge on any atom is 0.160 e. The standard InChI is InChI=1S/C18H22O4/c1-12-8-17(21-4)14(11-16(12)20-3)9-13-6-7-15(19-2)18(10-13)22-5/h6-8,10-11H,9H2,1-5H3. The van der Waals surface area contributed by atoms with E-state index in [0.717, 1.165) is 46.1 Å². The van der Waals surface area contributed by atoms with Gasteiger partial charge in [-0.05, 0) is 42.3 Å². The molecule has 0 aliphatic rings. The van der Waals surface area contributed by atoms with Gasteiger partial charge in [0.15, 0.2) is 11.5 Å². The summed E-state index contributed by atoms with van der Waals surface area (Å²) < 4.78 is 21.5. The number of benzene rings is 2. The van der Waals surface area contributed by atoms with Gasteiger partial charge in [-0.15, -0.1) is 0 Å². The van der Waals surface area contributed by atoms with E-state index < -0.39 is 0 Å². The number of aryl methyl sites for hydroxylation is 1. The molecule has 2 aromatic carbocycles. The van der Waals surface area contributed by atoms with Crippen molar-refractivity contribution in [3.8, 4) is 23.0 Å². The summed E-state index contributed by atoms with van der Waals surface area (Å²) in [5.41, 5.74) is 3.23. The van der Waals surface area contributed by atoms with Gasteiger partial charge in [0.1, 0.15) is 11.5 Å². The molecule has 0 N–H and O–H groups in total. The van der Waals surface area contributed by atoms with E-state index in [1.54, 1.807) is 28.4 Å². The topological polar surface area (TPSA) is 36.9 Å². The second-order valence-corrected chi connectivity index (χ2v) is 5.00.